The highest BCUT2D eigenvalue weighted by molar-refractivity contribution is 5.41. The molecule has 6 aliphatic carbocycles. The molecule has 2 unspecified atom stereocenters. The van der Waals surface area contributed by atoms with Gasteiger partial charge in [-0.25, -0.2) is 0 Å². The smallest absolute Gasteiger partial charge is 0.0103 e. The van der Waals surface area contributed by atoms with Gasteiger partial charge < -0.3 is 0 Å². The van der Waals surface area contributed by atoms with Gasteiger partial charge in [-0.15, -0.1) is 0 Å². The average molecular weight is 256 g/mol. The Hall–Kier alpha value is -0.520. The van der Waals surface area contributed by atoms with E-state index < -0.39 is 0 Å². The fourth-order valence-corrected chi connectivity index (χ4v) is 5.53. The number of hydrogen-bond acceptors (Lipinski definition) is 0. The normalized spacial score (nSPS) is 37.9. The van der Waals surface area contributed by atoms with Crippen LogP contribution in [0.5, 0.6) is 0 Å². The van der Waals surface area contributed by atoms with Crippen molar-refractivity contribution >= 4 is 0 Å². The van der Waals surface area contributed by atoms with Gasteiger partial charge in [0.1, 0.15) is 0 Å². The molecule has 4 bridgehead atoms. The van der Waals surface area contributed by atoms with Crippen molar-refractivity contribution in [3.05, 3.63) is 22.3 Å². The summed E-state index contributed by atoms with van der Waals surface area (Å²) in [6, 6.07) is 0. The van der Waals surface area contributed by atoms with E-state index in [1.807, 2.05) is 22.3 Å². The molecule has 0 aromatic rings. The first-order valence-electron chi connectivity index (χ1n) is 8.33. The van der Waals surface area contributed by atoms with Crippen LogP contribution in [0.3, 0.4) is 0 Å². The molecule has 0 aromatic carbocycles. The standard InChI is InChI=1S/C19H28/c1-18(2)14-7-5-12(16(18)10-14)9-13-6-8-15-11-17(13)19(15,3)4/h14-15H,5-11H2,1-4H3. The Labute approximate surface area is 118 Å². The van der Waals surface area contributed by atoms with Gasteiger partial charge in [-0.1, -0.05) is 50.0 Å². The number of hydrogen-bond donors (Lipinski definition) is 0. The molecule has 6 aliphatic rings. The third-order valence-corrected chi connectivity index (χ3v) is 7.37. The predicted molar refractivity (Wildman–Crippen MR) is 80.9 cm³/mol. The zero-order valence-corrected chi connectivity index (χ0v) is 13.1. The molecule has 0 N–H and O–H groups in total. The van der Waals surface area contributed by atoms with E-state index in [4.69, 9.17) is 0 Å². The predicted octanol–water partition coefficient (Wildman–Crippen LogP) is 5.65. The van der Waals surface area contributed by atoms with Gasteiger partial charge in [-0.05, 0) is 67.6 Å². The molecule has 19 heavy (non-hydrogen) atoms. The third kappa shape index (κ3) is 1.46. The summed E-state index contributed by atoms with van der Waals surface area (Å²) in [6.45, 7) is 9.94. The zero-order chi connectivity index (χ0) is 13.4. The molecule has 6 rings (SSSR count). The van der Waals surface area contributed by atoms with Gasteiger partial charge in [0.05, 0.1) is 0 Å². The van der Waals surface area contributed by atoms with Crippen LogP contribution in [-0.2, 0) is 0 Å². The summed E-state index contributed by atoms with van der Waals surface area (Å²) in [7, 11) is 0. The van der Waals surface area contributed by atoms with Crippen LogP contribution in [0.2, 0.25) is 0 Å². The number of rotatable bonds is 2. The largest absolute Gasteiger partial charge is 0.0664 e. The second-order valence-electron chi connectivity index (χ2n) is 8.66. The molecule has 0 heterocycles. The monoisotopic (exact) mass is 256 g/mol. The summed E-state index contributed by atoms with van der Waals surface area (Å²) >= 11 is 0. The minimum Gasteiger partial charge on any atom is -0.0664 e. The van der Waals surface area contributed by atoms with E-state index in [1.54, 1.807) is 0 Å². The lowest BCUT2D eigenvalue weighted by molar-refractivity contribution is 0.125. The van der Waals surface area contributed by atoms with Crippen molar-refractivity contribution in [1.82, 2.24) is 0 Å². The van der Waals surface area contributed by atoms with Crippen molar-refractivity contribution in [2.24, 2.45) is 22.7 Å². The van der Waals surface area contributed by atoms with Crippen LogP contribution < -0.4 is 0 Å². The SMILES string of the molecule is CC1(C)C2=C(CC3=C4CC(CC3)C4(C)C)CCC1C2. The van der Waals surface area contributed by atoms with E-state index in [9.17, 15) is 0 Å². The molecule has 2 saturated carbocycles. The summed E-state index contributed by atoms with van der Waals surface area (Å²) < 4.78 is 0. The highest BCUT2D eigenvalue weighted by Gasteiger charge is 2.49. The van der Waals surface area contributed by atoms with Crippen molar-refractivity contribution in [1.29, 1.82) is 0 Å². The first-order valence-corrected chi connectivity index (χ1v) is 8.33. The first-order chi connectivity index (χ1) is 8.90. The molecule has 0 heteroatoms. The van der Waals surface area contributed by atoms with Crippen molar-refractivity contribution in [3.63, 3.8) is 0 Å². The van der Waals surface area contributed by atoms with Crippen LogP contribution in [0, 0.1) is 22.7 Å². The van der Waals surface area contributed by atoms with E-state index in [2.05, 4.69) is 27.7 Å². The van der Waals surface area contributed by atoms with Gasteiger partial charge in [0, 0.05) is 0 Å². The van der Waals surface area contributed by atoms with Crippen LogP contribution in [-0.4, -0.2) is 0 Å². The Morgan fingerprint density at radius 1 is 0.789 bits per heavy atom. The fourth-order valence-electron chi connectivity index (χ4n) is 5.53. The summed E-state index contributed by atoms with van der Waals surface area (Å²) in [5.74, 6) is 2.00. The van der Waals surface area contributed by atoms with Gasteiger partial charge in [0.2, 0.25) is 0 Å². The molecule has 2 fully saturated rings. The molecule has 0 spiro atoms. The van der Waals surface area contributed by atoms with Gasteiger partial charge in [0.25, 0.3) is 0 Å². The Bertz CT molecular complexity index is 452. The summed E-state index contributed by atoms with van der Waals surface area (Å²) in [4.78, 5) is 0. The van der Waals surface area contributed by atoms with E-state index >= 15 is 0 Å². The minimum absolute atomic E-state index is 0.547. The Morgan fingerprint density at radius 3 is 1.53 bits per heavy atom. The lowest BCUT2D eigenvalue weighted by atomic mass is 9.50. The lowest BCUT2D eigenvalue weighted by Crippen LogP contribution is -2.43. The fraction of sp³-hybridized carbons (Fsp3) is 0.789. The average Bonchev–Trinajstić information content (AvgIpc) is 2.38. The summed E-state index contributed by atoms with van der Waals surface area (Å²) in [5, 5.41) is 0. The minimum atomic E-state index is 0.547. The van der Waals surface area contributed by atoms with Crippen LogP contribution >= 0.6 is 0 Å². The molecule has 0 nitrogen and oxygen atoms in total. The molecule has 0 saturated heterocycles. The molecule has 104 valence electrons. The molecule has 0 amide bonds. The Balaban J connectivity index is 1.63. The zero-order valence-electron chi connectivity index (χ0n) is 13.1. The van der Waals surface area contributed by atoms with Crippen molar-refractivity contribution in [2.45, 2.75) is 72.6 Å². The Kier molecular flexibility index (Phi) is 2.30. The maximum absolute atomic E-state index is 2.48. The van der Waals surface area contributed by atoms with Crippen LogP contribution in [0.25, 0.3) is 0 Å². The van der Waals surface area contributed by atoms with Gasteiger partial charge in [-0.3, -0.25) is 0 Å². The van der Waals surface area contributed by atoms with E-state index in [1.165, 1.54) is 44.9 Å². The molecule has 2 atom stereocenters. The third-order valence-electron chi connectivity index (χ3n) is 7.37. The van der Waals surface area contributed by atoms with E-state index in [0.29, 0.717) is 10.8 Å². The highest BCUT2D eigenvalue weighted by Crippen LogP contribution is 2.62. The Morgan fingerprint density at radius 2 is 1.21 bits per heavy atom. The molecule has 0 aliphatic heterocycles. The number of fused-ring (bicyclic) bond motifs is 4. The topological polar surface area (TPSA) is 0 Å². The van der Waals surface area contributed by atoms with Crippen molar-refractivity contribution in [3.8, 4) is 0 Å². The first kappa shape index (κ1) is 12.2. The molecular formula is C19H28. The van der Waals surface area contributed by atoms with Crippen LogP contribution in [0.4, 0.5) is 0 Å². The van der Waals surface area contributed by atoms with Crippen LogP contribution in [0.15, 0.2) is 22.3 Å². The highest BCUT2D eigenvalue weighted by atomic mass is 14.5. The maximum Gasteiger partial charge on any atom is -0.0103 e. The second kappa shape index (κ2) is 3.57. The van der Waals surface area contributed by atoms with Crippen molar-refractivity contribution < 1.29 is 0 Å². The second-order valence-corrected chi connectivity index (χ2v) is 8.66. The molecular weight excluding hydrogens is 228 g/mol. The van der Waals surface area contributed by atoms with Gasteiger partial charge >= 0.3 is 0 Å². The van der Waals surface area contributed by atoms with E-state index in [0.717, 1.165) is 11.8 Å². The molecule has 0 radical (unpaired) electrons. The summed E-state index contributed by atoms with van der Waals surface area (Å²) in [6.07, 6.45) is 9.93. The van der Waals surface area contributed by atoms with Gasteiger partial charge in [0.15, 0.2) is 0 Å². The summed E-state index contributed by atoms with van der Waals surface area (Å²) in [5.41, 5.74) is 8.47. The number of allylic oxidation sites excluding steroid dienone is 4. The van der Waals surface area contributed by atoms with Gasteiger partial charge in [-0.2, -0.15) is 0 Å². The van der Waals surface area contributed by atoms with Crippen LogP contribution in [0.1, 0.15) is 72.6 Å². The maximum atomic E-state index is 2.48. The molecule has 0 aromatic heterocycles. The quantitative estimate of drug-likeness (QED) is 0.560. The van der Waals surface area contributed by atoms with E-state index in [-0.39, 0.29) is 0 Å². The van der Waals surface area contributed by atoms with Crippen molar-refractivity contribution in [2.75, 3.05) is 0 Å². The lowest BCUT2D eigenvalue weighted by Gasteiger charge is -2.55.